The normalized spacial score (nSPS) is 16.6. The smallest absolute Gasteiger partial charge is 0.183 e. The number of methoxy groups -OCH3 is 2. The Morgan fingerprint density at radius 1 is 1.33 bits per heavy atom. The van der Waals surface area contributed by atoms with E-state index in [-0.39, 0.29) is 0 Å². The summed E-state index contributed by atoms with van der Waals surface area (Å²) < 4.78 is 10.6. The molecule has 0 aromatic carbocycles. The van der Waals surface area contributed by atoms with Gasteiger partial charge in [-0.15, -0.1) is 0 Å². The number of aromatic nitrogens is 1. The number of hydrogen-bond donors (Lipinski definition) is 1. The molecule has 0 aliphatic carbocycles. The Kier molecular flexibility index (Phi) is 5.13. The zero-order valence-corrected chi connectivity index (χ0v) is 11.8. The van der Waals surface area contributed by atoms with E-state index in [1.54, 1.807) is 20.4 Å². The van der Waals surface area contributed by atoms with Gasteiger partial charge in [0.1, 0.15) is 0 Å². The van der Waals surface area contributed by atoms with Gasteiger partial charge < -0.3 is 14.8 Å². The Morgan fingerprint density at radius 3 is 2.78 bits per heavy atom. The van der Waals surface area contributed by atoms with E-state index in [0.29, 0.717) is 6.04 Å². The van der Waals surface area contributed by atoms with Crippen molar-refractivity contribution >= 4 is 11.8 Å². The topological polar surface area (TPSA) is 43.4 Å². The van der Waals surface area contributed by atoms with E-state index in [9.17, 15) is 0 Å². The predicted molar refractivity (Wildman–Crippen MR) is 74.5 cm³/mol. The van der Waals surface area contributed by atoms with Crippen LogP contribution in [0.5, 0.6) is 11.5 Å². The molecule has 0 spiro atoms. The van der Waals surface area contributed by atoms with Gasteiger partial charge in [-0.05, 0) is 24.3 Å². The van der Waals surface area contributed by atoms with Gasteiger partial charge >= 0.3 is 0 Å². The Balaban J connectivity index is 1.99. The summed E-state index contributed by atoms with van der Waals surface area (Å²) in [5.74, 6) is 3.97. The largest absolute Gasteiger partial charge is 0.493 e. The highest BCUT2D eigenvalue weighted by molar-refractivity contribution is 7.99. The van der Waals surface area contributed by atoms with Gasteiger partial charge in [-0.25, -0.2) is 0 Å². The van der Waals surface area contributed by atoms with Crippen LogP contribution in [0.3, 0.4) is 0 Å². The van der Waals surface area contributed by atoms with Gasteiger partial charge in [-0.3, -0.25) is 4.98 Å². The van der Waals surface area contributed by atoms with E-state index >= 15 is 0 Å². The van der Waals surface area contributed by atoms with E-state index in [1.165, 1.54) is 24.3 Å². The van der Waals surface area contributed by atoms with E-state index in [0.717, 1.165) is 23.7 Å². The summed E-state index contributed by atoms with van der Waals surface area (Å²) in [5.41, 5.74) is 0.912. The molecule has 100 valence electrons. The second-order valence-corrected chi connectivity index (χ2v) is 5.49. The lowest BCUT2D eigenvalue weighted by atomic mass is 10.1. The van der Waals surface area contributed by atoms with Gasteiger partial charge in [-0.1, -0.05) is 0 Å². The summed E-state index contributed by atoms with van der Waals surface area (Å²) in [4.78, 5) is 4.37. The van der Waals surface area contributed by atoms with Crippen molar-refractivity contribution in [3.8, 4) is 11.5 Å². The number of ether oxygens (including phenoxy) is 2. The molecule has 0 radical (unpaired) electrons. The van der Waals surface area contributed by atoms with Gasteiger partial charge in [0.05, 0.1) is 19.9 Å². The van der Waals surface area contributed by atoms with Crippen molar-refractivity contribution in [3.63, 3.8) is 0 Å². The fraction of sp³-hybridized carbons (Fsp3) is 0.615. The summed E-state index contributed by atoms with van der Waals surface area (Å²) in [5, 5.41) is 3.55. The summed E-state index contributed by atoms with van der Waals surface area (Å²) in [6.07, 6.45) is 4.23. The molecule has 2 heterocycles. The molecule has 2 rings (SSSR count). The van der Waals surface area contributed by atoms with Crippen LogP contribution in [0.1, 0.15) is 18.5 Å². The van der Waals surface area contributed by atoms with Gasteiger partial charge in [0.25, 0.3) is 0 Å². The summed E-state index contributed by atoms with van der Waals surface area (Å²) in [6, 6.07) is 2.42. The molecule has 18 heavy (non-hydrogen) atoms. The lowest BCUT2D eigenvalue weighted by Crippen LogP contribution is -2.32. The number of hydrogen-bond acceptors (Lipinski definition) is 5. The molecule has 0 amide bonds. The van der Waals surface area contributed by atoms with Crippen LogP contribution < -0.4 is 14.8 Å². The molecular formula is C13H20N2O2S. The monoisotopic (exact) mass is 268 g/mol. The van der Waals surface area contributed by atoms with Gasteiger partial charge in [0.2, 0.25) is 0 Å². The molecular weight excluding hydrogens is 248 g/mol. The maximum Gasteiger partial charge on any atom is 0.183 e. The SMILES string of the molecule is COc1ccnc(CNC2CCSCC2)c1OC. The van der Waals surface area contributed by atoms with Crippen LogP contribution in [0.2, 0.25) is 0 Å². The van der Waals surface area contributed by atoms with Crippen molar-refractivity contribution in [3.05, 3.63) is 18.0 Å². The number of rotatable bonds is 5. The zero-order valence-electron chi connectivity index (χ0n) is 10.9. The molecule has 1 N–H and O–H groups in total. The molecule has 0 bridgehead atoms. The first-order valence-electron chi connectivity index (χ1n) is 6.22. The van der Waals surface area contributed by atoms with Crippen LogP contribution in [0.4, 0.5) is 0 Å². The third-order valence-electron chi connectivity index (χ3n) is 3.15. The third kappa shape index (κ3) is 3.29. The molecule has 1 aromatic heterocycles. The maximum atomic E-state index is 5.38. The van der Waals surface area contributed by atoms with Crippen molar-refractivity contribution in [2.45, 2.75) is 25.4 Å². The highest BCUT2D eigenvalue weighted by Crippen LogP contribution is 2.29. The van der Waals surface area contributed by atoms with Crippen molar-refractivity contribution < 1.29 is 9.47 Å². The first kappa shape index (κ1) is 13.5. The van der Waals surface area contributed by atoms with Gasteiger partial charge in [0.15, 0.2) is 11.5 Å². The highest BCUT2D eigenvalue weighted by atomic mass is 32.2. The average Bonchev–Trinajstić information content (AvgIpc) is 2.45. The van der Waals surface area contributed by atoms with Crippen molar-refractivity contribution in [2.75, 3.05) is 25.7 Å². The standard InChI is InChI=1S/C13H20N2O2S/c1-16-12-3-6-14-11(13(12)17-2)9-15-10-4-7-18-8-5-10/h3,6,10,15H,4-5,7-9H2,1-2H3. The molecule has 1 aliphatic heterocycles. The van der Waals surface area contributed by atoms with E-state index in [1.807, 2.05) is 17.8 Å². The van der Waals surface area contributed by atoms with Crippen molar-refractivity contribution in [2.24, 2.45) is 0 Å². The predicted octanol–water partition coefficient (Wildman–Crippen LogP) is 2.08. The average molecular weight is 268 g/mol. The number of nitrogens with zero attached hydrogens (tertiary/aromatic N) is 1. The van der Waals surface area contributed by atoms with Crippen LogP contribution in [-0.4, -0.2) is 36.8 Å². The fourth-order valence-electron chi connectivity index (χ4n) is 2.12. The highest BCUT2D eigenvalue weighted by Gasteiger charge is 2.15. The molecule has 1 saturated heterocycles. The summed E-state index contributed by atoms with van der Waals surface area (Å²) >= 11 is 2.03. The molecule has 0 unspecified atom stereocenters. The second kappa shape index (κ2) is 6.85. The fourth-order valence-corrected chi connectivity index (χ4v) is 3.23. The number of pyridine rings is 1. The number of thioether (sulfide) groups is 1. The maximum absolute atomic E-state index is 5.38. The Labute approximate surface area is 112 Å². The Morgan fingerprint density at radius 2 is 2.11 bits per heavy atom. The molecule has 4 nitrogen and oxygen atoms in total. The zero-order chi connectivity index (χ0) is 12.8. The van der Waals surface area contributed by atoms with E-state index in [2.05, 4.69) is 10.3 Å². The quantitative estimate of drug-likeness (QED) is 0.885. The number of nitrogens with one attached hydrogen (secondary N) is 1. The second-order valence-electron chi connectivity index (χ2n) is 4.26. The lowest BCUT2D eigenvalue weighted by Gasteiger charge is -2.23. The summed E-state index contributed by atoms with van der Waals surface area (Å²) in [6.45, 7) is 0.732. The lowest BCUT2D eigenvalue weighted by molar-refractivity contribution is 0.346. The molecule has 0 saturated carbocycles. The van der Waals surface area contributed by atoms with E-state index < -0.39 is 0 Å². The first-order valence-corrected chi connectivity index (χ1v) is 7.37. The third-order valence-corrected chi connectivity index (χ3v) is 4.19. The molecule has 1 aliphatic rings. The summed E-state index contributed by atoms with van der Waals surface area (Å²) in [7, 11) is 3.30. The first-order chi connectivity index (χ1) is 8.85. The molecule has 0 atom stereocenters. The minimum absolute atomic E-state index is 0.601. The van der Waals surface area contributed by atoms with Crippen molar-refractivity contribution in [1.29, 1.82) is 0 Å². The van der Waals surface area contributed by atoms with E-state index in [4.69, 9.17) is 9.47 Å². The van der Waals surface area contributed by atoms with Crippen LogP contribution >= 0.6 is 11.8 Å². The van der Waals surface area contributed by atoms with Crippen LogP contribution in [0, 0.1) is 0 Å². The van der Waals surface area contributed by atoms with Gasteiger partial charge in [-0.2, -0.15) is 11.8 Å². The minimum Gasteiger partial charge on any atom is -0.493 e. The van der Waals surface area contributed by atoms with Crippen molar-refractivity contribution in [1.82, 2.24) is 10.3 Å². The van der Waals surface area contributed by atoms with Gasteiger partial charge in [0, 0.05) is 24.8 Å². The molecule has 1 fully saturated rings. The molecule has 1 aromatic rings. The minimum atomic E-state index is 0.601. The Bertz CT molecular complexity index is 381. The van der Waals surface area contributed by atoms with Crippen LogP contribution in [0.15, 0.2) is 12.3 Å². The van der Waals surface area contributed by atoms with Crippen LogP contribution in [0.25, 0.3) is 0 Å². The van der Waals surface area contributed by atoms with Crippen LogP contribution in [-0.2, 0) is 6.54 Å². The Hall–Kier alpha value is -0.940. The molecule has 5 heteroatoms.